The molecule has 2 atom stereocenters. The number of hydrogen-bond acceptors (Lipinski definition) is 5. The molecular weight excluding hydrogens is 280 g/mol. The van der Waals surface area contributed by atoms with Crippen molar-refractivity contribution in [3.05, 3.63) is 12.4 Å². The Bertz CT molecular complexity index is 529. The number of aromatic nitrogens is 2. The van der Waals surface area contributed by atoms with E-state index >= 15 is 0 Å². The highest BCUT2D eigenvalue weighted by molar-refractivity contribution is 7.89. The van der Waals surface area contributed by atoms with Crippen LogP contribution in [0.15, 0.2) is 17.3 Å². The van der Waals surface area contributed by atoms with Crippen molar-refractivity contribution in [2.45, 2.75) is 43.4 Å². The summed E-state index contributed by atoms with van der Waals surface area (Å²) in [5, 5.41) is 7.13. The quantitative estimate of drug-likeness (QED) is 0.690. The lowest BCUT2D eigenvalue weighted by Gasteiger charge is -2.15. The fraction of sp³-hybridized carbons (Fsp3) is 0.750. The lowest BCUT2D eigenvalue weighted by molar-refractivity contribution is 0.117. The highest BCUT2D eigenvalue weighted by Crippen LogP contribution is 2.16. The lowest BCUT2D eigenvalue weighted by Crippen LogP contribution is -2.38. The van der Waals surface area contributed by atoms with Crippen molar-refractivity contribution < 1.29 is 13.2 Å². The minimum atomic E-state index is -3.52. The van der Waals surface area contributed by atoms with E-state index in [-0.39, 0.29) is 17.0 Å². The van der Waals surface area contributed by atoms with Gasteiger partial charge in [0.25, 0.3) is 0 Å². The molecule has 2 unspecified atom stereocenters. The first-order chi connectivity index (χ1) is 9.53. The predicted octanol–water partition coefficient (Wildman–Crippen LogP) is -0.0517. The Morgan fingerprint density at radius 3 is 3.00 bits per heavy atom. The number of hydrogen-bond donors (Lipinski definition) is 2. The van der Waals surface area contributed by atoms with Crippen molar-refractivity contribution in [2.75, 3.05) is 20.2 Å². The van der Waals surface area contributed by atoms with E-state index in [2.05, 4.69) is 15.1 Å². The molecule has 0 amide bonds. The third-order valence-corrected chi connectivity index (χ3v) is 4.86. The fourth-order valence-corrected chi connectivity index (χ4v) is 3.47. The van der Waals surface area contributed by atoms with Gasteiger partial charge in [-0.3, -0.25) is 4.68 Å². The zero-order valence-electron chi connectivity index (χ0n) is 11.9. The van der Waals surface area contributed by atoms with Gasteiger partial charge in [0.1, 0.15) is 4.90 Å². The minimum Gasteiger partial charge on any atom is -0.377 e. The smallest absolute Gasteiger partial charge is 0.244 e. The summed E-state index contributed by atoms with van der Waals surface area (Å²) in [5.74, 6) is 0. The van der Waals surface area contributed by atoms with E-state index in [9.17, 15) is 8.42 Å². The average molecular weight is 302 g/mol. The van der Waals surface area contributed by atoms with E-state index in [4.69, 9.17) is 4.74 Å². The Hall–Kier alpha value is -0.960. The molecule has 0 radical (unpaired) electrons. The molecule has 114 valence electrons. The summed E-state index contributed by atoms with van der Waals surface area (Å²) in [6.07, 6.45) is 4.48. The number of nitrogens with zero attached hydrogens (tertiary/aromatic N) is 2. The van der Waals surface area contributed by atoms with Gasteiger partial charge in [-0.2, -0.15) is 5.10 Å². The van der Waals surface area contributed by atoms with Crippen LogP contribution < -0.4 is 10.0 Å². The zero-order valence-corrected chi connectivity index (χ0v) is 12.7. The molecule has 0 saturated carbocycles. The summed E-state index contributed by atoms with van der Waals surface area (Å²) in [6, 6.07) is -0.160. The van der Waals surface area contributed by atoms with Crippen LogP contribution in [-0.2, 0) is 21.3 Å². The van der Waals surface area contributed by atoms with Crippen molar-refractivity contribution in [3.63, 3.8) is 0 Å². The second kappa shape index (κ2) is 6.66. The summed E-state index contributed by atoms with van der Waals surface area (Å²) in [4.78, 5) is 0.209. The number of ether oxygens (including phenoxy) is 1. The van der Waals surface area contributed by atoms with Crippen molar-refractivity contribution in [3.8, 4) is 0 Å². The molecule has 8 heteroatoms. The van der Waals surface area contributed by atoms with E-state index in [1.807, 2.05) is 14.0 Å². The van der Waals surface area contributed by atoms with Crippen LogP contribution in [0.25, 0.3) is 0 Å². The van der Waals surface area contributed by atoms with Gasteiger partial charge in [0.2, 0.25) is 10.0 Å². The van der Waals surface area contributed by atoms with Crippen molar-refractivity contribution in [1.82, 2.24) is 19.8 Å². The average Bonchev–Trinajstić information content (AvgIpc) is 3.00. The van der Waals surface area contributed by atoms with Gasteiger partial charge in [-0.15, -0.1) is 0 Å². The van der Waals surface area contributed by atoms with E-state index in [1.54, 1.807) is 10.9 Å². The Kier molecular flexibility index (Phi) is 5.14. The summed E-state index contributed by atoms with van der Waals surface area (Å²) in [5.41, 5.74) is 0. The molecule has 1 aromatic rings. The highest BCUT2D eigenvalue weighted by Gasteiger charge is 2.29. The molecule has 7 nitrogen and oxygen atoms in total. The molecule has 20 heavy (non-hydrogen) atoms. The Morgan fingerprint density at radius 2 is 2.35 bits per heavy atom. The predicted molar refractivity (Wildman–Crippen MR) is 74.9 cm³/mol. The van der Waals surface area contributed by atoms with Crippen LogP contribution in [0, 0.1) is 0 Å². The van der Waals surface area contributed by atoms with E-state index in [0.717, 1.165) is 13.0 Å². The van der Waals surface area contributed by atoms with Gasteiger partial charge < -0.3 is 10.1 Å². The first-order valence-corrected chi connectivity index (χ1v) is 8.32. The maximum absolute atomic E-state index is 12.2. The Balaban J connectivity index is 1.98. The summed E-state index contributed by atoms with van der Waals surface area (Å²) < 4.78 is 34.2. The summed E-state index contributed by atoms with van der Waals surface area (Å²) in [7, 11) is -1.63. The maximum Gasteiger partial charge on any atom is 0.244 e. The summed E-state index contributed by atoms with van der Waals surface area (Å²) in [6.45, 7) is 4.04. The van der Waals surface area contributed by atoms with Gasteiger partial charge >= 0.3 is 0 Å². The Morgan fingerprint density at radius 1 is 1.55 bits per heavy atom. The van der Waals surface area contributed by atoms with Gasteiger partial charge in [-0.1, -0.05) is 0 Å². The molecule has 2 rings (SSSR count). The van der Waals surface area contributed by atoms with Crippen molar-refractivity contribution >= 4 is 10.0 Å². The molecule has 0 bridgehead atoms. The topological polar surface area (TPSA) is 85.2 Å². The van der Waals surface area contributed by atoms with E-state index in [1.165, 1.54) is 6.20 Å². The second-order valence-corrected chi connectivity index (χ2v) is 6.70. The third kappa shape index (κ3) is 3.78. The van der Waals surface area contributed by atoms with Crippen LogP contribution in [0.5, 0.6) is 0 Å². The van der Waals surface area contributed by atoms with Crippen LogP contribution in [0.4, 0.5) is 0 Å². The maximum atomic E-state index is 12.2. The number of rotatable bonds is 7. The van der Waals surface area contributed by atoms with Gasteiger partial charge in [-0.25, -0.2) is 13.1 Å². The molecule has 1 aromatic heterocycles. The normalized spacial score (nSPS) is 23.3. The number of sulfonamides is 1. The molecular formula is C12H22N4O3S. The van der Waals surface area contributed by atoms with Gasteiger partial charge in [0.05, 0.1) is 18.3 Å². The monoisotopic (exact) mass is 302 g/mol. The minimum absolute atomic E-state index is 0.0875. The molecule has 1 saturated heterocycles. The van der Waals surface area contributed by atoms with Crippen LogP contribution >= 0.6 is 0 Å². The van der Waals surface area contributed by atoms with Crippen LogP contribution in [0.1, 0.15) is 19.8 Å². The number of nitrogens with one attached hydrogen (secondary N) is 2. The van der Waals surface area contributed by atoms with E-state index in [0.29, 0.717) is 19.6 Å². The SMILES string of the molecule is CNCCCn1cc(S(=O)(=O)NC2CCOC2C)cn1. The van der Waals surface area contributed by atoms with Crippen LogP contribution in [0.2, 0.25) is 0 Å². The molecule has 1 aliphatic rings. The zero-order chi connectivity index (χ0) is 14.6. The molecule has 2 heterocycles. The molecule has 0 aliphatic carbocycles. The van der Waals surface area contributed by atoms with Gasteiger partial charge in [0.15, 0.2) is 0 Å². The molecule has 1 aliphatic heterocycles. The highest BCUT2D eigenvalue weighted by atomic mass is 32.2. The van der Waals surface area contributed by atoms with Gasteiger partial charge in [-0.05, 0) is 33.4 Å². The van der Waals surface area contributed by atoms with E-state index < -0.39 is 10.0 Å². The first kappa shape index (κ1) is 15.4. The fourth-order valence-electron chi connectivity index (χ4n) is 2.18. The van der Waals surface area contributed by atoms with Crippen LogP contribution in [0.3, 0.4) is 0 Å². The molecule has 1 fully saturated rings. The van der Waals surface area contributed by atoms with Gasteiger partial charge in [0, 0.05) is 19.3 Å². The van der Waals surface area contributed by atoms with Crippen molar-refractivity contribution in [1.29, 1.82) is 0 Å². The van der Waals surface area contributed by atoms with Crippen LogP contribution in [-0.4, -0.2) is 50.5 Å². The lowest BCUT2D eigenvalue weighted by atomic mass is 10.2. The molecule has 0 spiro atoms. The Labute approximate surface area is 119 Å². The molecule has 0 aromatic carbocycles. The largest absolute Gasteiger partial charge is 0.377 e. The summed E-state index contributed by atoms with van der Waals surface area (Å²) >= 11 is 0. The third-order valence-electron chi connectivity index (χ3n) is 3.42. The first-order valence-electron chi connectivity index (χ1n) is 6.84. The standard InChI is InChI=1S/C12H22N4O3S/c1-10-12(4-7-19-10)15-20(17,18)11-8-14-16(9-11)6-3-5-13-2/h8-10,12-13,15H,3-7H2,1-2H3. The van der Waals surface area contributed by atoms with Crippen molar-refractivity contribution in [2.24, 2.45) is 0 Å². The number of aryl methyl sites for hydroxylation is 1. The molecule has 2 N–H and O–H groups in total. The second-order valence-electron chi connectivity index (χ2n) is 4.99.